The molecule has 4 rings (SSSR count). The Kier molecular flexibility index (Phi) is 8.59. The number of benzene rings is 3. The number of nitrogens with zero attached hydrogens (tertiary/aromatic N) is 2. The molecular formula is C27H18BrClF3N3O7. The third-order valence-electron chi connectivity index (χ3n) is 5.92. The number of halogens is 5. The van der Waals surface area contributed by atoms with Crippen LogP contribution in [0.2, 0.25) is 5.02 Å². The Morgan fingerprint density at radius 3 is 2.48 bits per heavy atom. The molecule has 1 aliphatic rings. The van der Waals surface area contributed by atoms with Gasteiger partial charge in [0.2, 0.25) is 5.75 Å². The van der Waals surface area contributed by atoms with Crippen molar-refractivity contribution in [3.8, 4) is 17.2 Å². The summed E-state index contributed by atoms with van der Waals surface area (Å²) >= 11 is 9.40. The van der Waals surface area contributed by atoms with Crippen LogP contribution in [0.5, 0.6) is 17.2 Å². The molecule has 1 fully saturated rings. The summed E-state index contributed by atoms with van der Waals surface area (Å²) < 4.78 is 50.7. The van der Waals surface area contributed by atoms with Crippen LogP contribution >= 0.6 is 27.5 Å². The van der Waals surface area contributed by atoms with E-state index in [0.717, 1.165) is 11.0 Å². The van der Waals surface area contributed by atoms with E-state index in [4.69, 9.17) is 21.1 Å². The van der Waals surface area contributed by atoms with Crippen LogP contribution in [0, 0.1) is 17.0 Å². The topological polar surface area (TPSA) is 128 Å². The van der Waals surface area contributed by atoms with Gasteiger partial charge in [0.05, 0.1) is 27.3 Å². The van der Waals surface area contributed by atoms with Gasteiger partial charge in [-0.1, -0.05) is 17.7 Å². The number of alkyl halides is 3. The maximum atomic E-state index is 13.3. The van der Waals surface area contributed by atoms with Crippen LogP contribution in [-0.2, 0) is 15.8 Å². The molecule has 1 aliphatic heterocycles. The second-order valence-corrected chi connectivity index (χ2v) is 9.91. The zero-order valence-electron chi connectivity index (χ0n) is 21.5. The normalized spacial score (nSPS) is 14.7. The molecule has 0 unspecified atom stereocenters. The number of imide groups is 2. The Morgan fingerprint density at radius 2 is 1.83 bits per heavy atom. The summed E-state index contributed by atoms with van der Waals surface area (Å²) in [5, 5.41) is 13.9. The number of nitro benzene ring substituents is 1. The van der Waals surface area contributed by atoms with E-state index in [-0.39, 0.29) is 33.8 Å². The number of ether oxygens (including phenoxy) is 2. The first-order chi connectivity index (χ1) is 19.7. The minimum absolute atomic E-state index is 0.0183. The van der Waals surface area contributed by atoms with Crippen molar-refractivity contribution in [1.82, 2.24) is 5.32 Å². The summed E-state index contributed by atoms with van der Waals surface area (Å²) in [4.78, 5) is 49.9. The monoisotopic (exact) mass is 667 g/mol. The van der Waals surface area contributed by atoms with Crippen molar-refractivity contribution >= 4 is 62.8 Å². The number of urea groups is 1. The van der Waals surface area contributed by atoms with Gasteiger partial charge in [0, 0.05) is 11.1 Å². The molecule has 0 aliphatic carbocycles. The third kappa shape index (κ3) is 6.09. The molecule has 3 aromatic rings. The lowest BCUT2D eigenvalue weighted by Crippen LogP contribution is -2.54. The molecule has 42 heavy (non-hydrogen) atoms. The largest absolute Gasteiger partial charge is 0.490 e. The number of rotatable bonds is 7. The van der Waals surface area contributed by atoms with Crippen LogP contribution < -0.4 is 19.7 Å². The summed E-state index contributed by atoms with van der Waals surface area (Å²) in [5.74, 6) is -2.52. The Labute approximate surface area is 248 Å². The van der Waals surface area contributed by atoms with Crippen molar-refractivity contribution in [2.24, 2.45) is 0 Å². The predicted molar refractivity (Wildman–Crippen MR) is 149 cm³/mol. The molecule has 218 valence electrons. The lowest BCUT2D eigenvalue weighted by Gasteiger charge is -2.27. The van der Waals surface area contributed by atoms with E-state index in [1.54, 1.807) is 19.9 Å². The molecule has 0 saturated carbocycles. The summed E-state index contributed by atoms with van der Waals surface area (Å²) in [6, 6.07) is 8.16. The second kappa shape index (κ2) is 11.8. The molecule has 0 atom stereocenters. The maximum absolute atomic E-state index is 13.3. The van der Waals surface area contributed by atoms with Crippen LogP contribution in [0.1, 0.15) is 23.6 Å². The van der Waals surface area contributed by atoms with Crippen molar-refractivity contribution in [2.75, 3.05) is 11.5 Å². The van der Waals surface area contributed by atoms with Gasteiger partial charge < -0.3 is 9.47 Å². The Balaban J connectivity index is 1.76. The van der Waals surface area contributed by atoms with Crippen molar-refractivity contribution in [1.29, 1.82) is 0 Å². The van der Waals surface area contributed by atoms with E-state index in [0.29, 0.717) is 22.7 Å². The number of nitro groups is 1. The summed E-state index contributed by atoms with van der Waals surface area (Å²) in [6.07, 6.45) is -3.63. The molecule has 15 heteroatoms. The molecular weight excluding hydrogens is 651 g/mol. The standard InChI is InChI=1S/C27H18BrClF3N3O7/c1-3-41-22-11-14(9-16-24(36)33-26(38)34(25(16)37)19-6-4-5-18(29)13(19)2)10-17(28)23(22)42-21-8-7-15(27(30,31)32)12-20(21)35(39)40/h4-12H,3H2,1-2H3,(H,33,36,38)/b16-9+. The predicted octanol–water partition coefficient (Wildman–Crippen LogP) is 7.20. The highest BCUT2D eigenvalue weighted by atomic mass is 79.9. The van der Waals surface area contributed by atoms with Gasteiger partial charge in [-0.05, 0) is 83.4 Å². The smallest absolute Gasteiger partial charge is 0.416 e. The van der Waals surface area contributed by atoms with Gasteiger partial charge in [-0.2, -0.15) is 13.2 Å². The number of barbiturate groups is 1. The van der Waals surface area contributed by atoms with Crippen molar-refractivity contribution in [2.45, 2.75) is 20.0 Å². The fourth-order valence-corrected chi connectivity index (χ4v) is 4.66. The van der Waals surface area contributed by atoms with Crippen molar-refractivity contribution in [3.05, 3.63) is 90.4 Å². The average molecular weight is 669 g/mol. The Hall–Kier alpha value is -4.43. The van der Waals surface area contributed by atoms with E-state index in [9.17, 15) is 37.7 Å². The first-order valence-electron chi connectivity index (χ1n) is 11.9. The summed E-state index contributed by atoms with van der Waals surface area (Å²) in [5.41, 5.74) is -1.76. The number of carbonyl (C=O) groups is 3. The van der Waals surface area contributed by atoms with E-state index < -0.39 is 51.5 Å². The van der Waals surface area contributed by atoms with Crippen molar-refractivity contribution < 1.29 is 42.0 Å². The fraction of sp³-hybridized carbons (Fsp3) is 0.148. The van der Waals surface area contributed by atoms with E-state index in [1.165, 1.54) is 30.3 Å². The van der Waals surface area contributed by atoms with Gasteiger partial charge in [-0.15, -0.1) is 0 Å². The summed E-state index contributed by atoms with van der Waals surface area (Å²) in [7, 11) is 0. The zero-order chi connectivity index (χ0) is 30.9. The average Bonchev–Trinajstić information content (AvgIpc) is 2.90. The highest BCUT2D eigenvalue weighted by Crippen LogP contribution is 2.44. The maximum Gasteiger partial charge on any atom is 0.416 e. The van der Waals surface area contributed by atoms with Crippen molar-refractivity contribution in [3.63, 3.8) is 0 Å². The molecule has 3 aromatic carbocycles. The molecule has 1 saturated heterocycles. The van der Waals surface area contributed by atoms with Crippen LogP contribution in [0.3, 0.4) is 0 Å². The number of amides is 4. The molecule has 0 spiro atoms. The van der Waals surface area contributed by atoms with Gasteiger partial charge >= 0.3 is 17.9 Å². The van der Waals surface area contributed by atoms with Gasteiger partial charge in [0.1, 0.15) is 5.57 Å². The third-order valence-corrected chi connectivity index (χ3v) is 6.92. The highest BCUT2D eigenvalue weighted by Gasteiger charge is 2.38. The molecule has 0 aromatic heterocycles. The highest BCUT2D eigenvalue weighted by molar-refractivity contribution is 9.10. The molecule has 1 N–H and O–H groups in total. The molecule has 0 bridgehead atoms. The lowest BCUT2D eigenvalue weighted by molar-refractivity contribution is -0.385. The molecule has 10 nitrogen and oxygen atoms in total. The van der Waals surface area contributed by atoms with Gasteiger partial charge in [-0.3, -0.25) is 25.0 Å². The lowest BCUT2D eigenvalue weighted by atomic mass is 10.1. The van der Waals surface area contributed by atoms with E-state index in [2.05, 4.69) is 21.2 Å². The van der Waals surface area contributed by atoms with Crippen LogP contribution in [-0.4, -0.2) is 29.4 Å². The SMILES string of the molecule is CCOc1cc(/C=C2\C(=O)NC(=O)N(c3cccc(Cl)c3C)C2=O)cc(Br)c1Oc1ccc(C(F)(F)F)cc1[N+](=O)[O-]. The molecule has 0 radical (unpaired) electrons. The second-order valence-electron chi connectivity index (χ2n) is 8.64. The van der Waals surface area contributed by atoms with Gasteiger partial charge in [0.15, 0.2) is 11.5 Å². The zero-order valence-corrected chi connectivity index (χ0v) is 23.9. The van der Waals surface area contributed by atoms with Gasteiger partial charge in [-0.25, -0.2) is 9.69 Å². The summed E-state index contributed by atoms with van der Waals surface area (Å²) in [6.45, 7) is 3.30. The van der Waals surface area contributed by atoms with Crippen LogP contribution in [0.15, 0.2) is 58.6 Å². The quantitative estimate of drug-likeness (QED) is 0.122. The Morgan fingerprint density at radius 1 is 1.12 bits per heavy atom. The minimum Gasteiger partial charge on any atom is -0.490 e. The first-order valence-corrected chi connectivity index (χ1v) is 13.1. The van der Waals surface area contributed by atoms with E-state index >= 15 is 0 Å². The first kappa shape index (κ1) is 30.5. The number of hydrogen-bond donors (Lipinski definition) is 1. The molecule has 4 amide bonds. The Bertz CT molecular complexity index is 1680. The van der Waals surface area contributed by atoms with Gasteiger partial charge in [0.25, 0.3) is 11.8 Å². The number of anilines is 1. The minimum atomic E-state index is -4.82. The molecule has 1 heterocycles. The number of hydrogen-bond acceptors (Lipinski definition) is 7. The van der Waals surface area contributed by atoms with E-state index in [1.807, 2.05) is 0 Å². The van der Waals surface area contributed by atoms with Crippen LogP contribution in [0.4, 0.5) is 29.3 Å². The number of carbonyl (C=O) groups excluding carboxylic acids is 3. The fourth-order valence-electron chi connectivity index (χ4n) is 3.95. The van der Waals surface area contributed by atoms with Crippen LogP contribution in [0.25, 0.3) is 6.08 Å². The number of nitrogens with one attached hydrogen (secondary N) is 1.